The van der Waals surface area contributed by atoms with E-state index in [-0.39, 0.29) is 11.4 Å². The molecule has 0 saturated heterocycles. The van der Waals surface area contributed by atoms with Crippen LogP contribution in [0, 0.1) is 0 Å². The van der Waals surface area contributed by atoms with Crippen molar-refractivity contribution in [1.29, 1.82) is 0 Å². The Hall–Kier alpha value is -1.69. The molecule has 0 bridgehead atoms. The minimum atomic E-state index is -0.286. The summed E-state index contributed by atoms with van der Waals surface area (Å²) in [5.74, 6) is 0.216. The van der Waals surface area contributed by atoms with Gasteiger partial charge < -0.3 is 15.4 Å². The van der Waals surface area contributed by atoms with Crippen LogP contribution in [0.25, 0.3) is 0 Å². The van der Waals surface area contributed by atoms with E-state index in [9.17, 15) is 4.79 Å². The highest BCUT2D eigenvalue weighted by molar-refractivity contribution is 5.92. The van der Waals surface area contributed by atoms with Crippen molar-refractivity contribution in [2.45, 2.75) is 26.3 Å². The number of ether oxygens (including phenoxy) is 1. The fourth-order valence-electron chi connectivity index (χ4n) is 1.24. The van der Waals surface area contributed by atoms with Gasteiger partial charge in [-0.05, 0) is 26.8 Å². The summed E-state index contributed by atoms with van der Waals surface area (Å²) >= 11 is 0. The monoisotopic (exact) mass is 252 g/mol. The van der Waals surface area contributed by atoms with Gasteiger partial charge in [0.05, 0.1) is 6.61 Å². The number of aromatic nitrogens is 2. The third-order valence-corrected chi connectivity index (χ3v) is 1.97. The number of carbonyl (C=O) groups excluding carboxylic acids is 1. The fourth-order valence-corrected chi connectivity index (χ4v) is 1.24. The first-order valence-corrected chi connectivity index (χ1v) is 5.81. The molecule has 2 N–H and O–H groups in total. The molecule has 1 aromatic heterocycles. The third kappa shape index (κ3) is 5.09. The van der Waals surface area contributed by atoms with Crippen LogP contribution in [0.15, 0.2) is 12.3 Å². The Morgan fingerprint density at radius 2 is 2.17 bits per heavy atom. The molecule has 0 unspecified atom stereocenters. The first-order chi connectivity index (χ1) is 8.42. The first kappa shape index (κ1) is 14.4. The first-order valence-electron chi connectivity index (χ1n) is 5.81. The molecule has 100 valence electrons. The number of nitrogens with zero attached hydrogens (tertiary/aromatic N) is 2. The second-order valence-corrected chi connectivity index (χ2v) is 4.89. The molecule has 0 aliphatic carbocycles. The standard InChI is InChI=1S/C12H20N4O2/c1-12(2,3)16-10(17)9-5-6-13-11(15-9)14-7-8-18-4/h5-6H,7-8H2,1-4H3,(H,16,17)(H,13,14,15). The van der Waals surface area contributed by atoms with E-state index < -0.39 is 0 Å². The van der Waals surface area contributed by atoms with E-state index in [1.54, 1.807) is 19.4 Å². The highest BCUT2D eigenvalue weighted by Gasteiger charge is 2.16. The zero-order valence-electron chi connectivity index (χ0n) is 11.3. The SMILES string of the molecule is COCCNc1nccc(C(=O)NC(C)(C)C)n1. The molecular weight excluding hydrogens is 232 g/mol. The van der Waals surface area contributed by atoms with Gasteiger partial charge in [0.15, 0.2) is 0 Å². The number of rotatable bonds is 5. The van der Waals surface area contributed by atoms with Gasteiger partial charge in [-0.1, -0.05) is 0 Å². The summed E-state index contributed by atoms with van der Waals surface area (Å²) in [5.41, 5.74) is 0.0610. The van der Waals surface area contributed by atoms with Crippen LogP contribution in [0.5, 0.6) is 0 Å². The molecule has 0 saturated carbocycles. The number of methoxy groups -OCH3 is 1. The number of anilines is 1. The predicted molar refractivity (Wildman–Crippen MR) is 69.6 cm³/mol. The minimum Gasteiger partial charge on any atom is -0.383 e. The molecule has 0 spiro atoms. The lowest BCUT2D eigenvalue weighted by atomic mass is 10.1. The molecule has 18 heavy (non-hydrogen) atoms. The van der Waals surface area contributed by atoms with E-state index in [4.69, 9.17) is 4.74 Å². The summed E-state index contributed by atoms with van der Waals surface area (Å²) in [4.78, 5) is 20.1. The van der Waals surface area contributed by atoms with E-state index >= 15 is 0 Å². The molecule has 1 heterocycles. The Balaban J connectivity index is 2.66. The molecular formula is C12H20N4O2. The van der Waals surface area contributed by atoms with Crippen molar-refractivity contribution >= 4 is 11.9 Å². The Morgan fingerprint density at radius 3 is 2.78 bits per heavy atom. The number of amides is 1. The molecule has 0 fully saturated rings. The van der Waals surface area contributed by atoms with Gasteiger partial charge in [0.25, 0.3) is 5.91 Å². The highest BCUT2D eigenvalue weighted by Crippen LogP contribution is 2.04. The van der Waals surface area contributed by atoms with E-state index in [2.05, 4.69) is 20.6 Å². The Labute approximate surface area is 107 Å². The van der Waals surface area contributed by atoms with Crippen LogP contribution in [-0.2, 0) is 4.74 Å². The van der Waals surface area contributed by atoms with E-state index in [0.717, 1.165) is 0 Å². The molecule has 0 aliphatic heterocycles. The van der Waals surface area contributed by atoms with Crippen molar-refractivity contribution in [3.63, 3.8) is 0 Å². The van der Waals surface area contributed by atoms with E-state index in [1.807, 2.05) is 20.8 Å². The molecule has 0 aromatic carbocycles. The maximum absolute atomic E-state index is 11.9. The average Bonchev–Trinajstić information content (AvgIpc) is 2.27. The highest BCUT2D eigenvalue weighted by atomic mass is 16.5. The van der Waals surface area contributed by atoms with Crippen LogP contribution < -0.4 is 10.6 Å². The number of nitrogens with one attached hydrogen (secondary N) is 2. The van der Waals surface area contributed by atoms with Crippen LogP contribution in [-0.4, -0.2) is 41.7 Å². The lowest BCUT2D eigenvalue weighted by Gasteiger charge is -2.20. The molecule has 1 aromatic rings. The van der Waals surface area contributed by atoms with Crippen molar-refractivity contribution in [1.82, 2.24) is 15.3 Å². The summed E-state index contributed by atoms with van der Waals surface area (Å²) in [6.45, 7) is 6.92. The number of carbonyl (C=O) groups is 1. The summed E-state index contributed by atoms with van der Waals surface area (Å²) in [6.07, 6.45) is 1.56. The summed E-state index contributed by atoms with van der Waals surface area (Å²) < 4.78 is 4.91. The predicted octanol–water partition coefficient (Wildman–Crippen LogP) is 1.06. The molecule has 1 rings (SSSR count). The van der Waals surface area contributed by atoms with Crippen LogP contribution in [0.3, 0.4) is 0 Å². The Bertz CT molecular complexity index is 401. The van der Waals surface area contributed by atoms with Crippen molar-refractivity contribution in [3.8, 4) is 0 Å². The van der Waals surface area contributed by atoms with Gasteiger partial charge in [-0.15, -0.1) is 0 Å². The molecule has 1 amide bonds. The topological polar surface area (TPSA) is 76.1 Å². The summed E-state index contributed by atoms with van der Waals surface area (Å²) in [7, 11) is 1.62. The zero-order valence-corrected chi connectivity index (χ0v) is 11.3. The largest absolute Gasteiger partial charge is 0.383 e. The Morgan fingerprint density at radius 1 is 1.44 bits per heavy atom. The molecule has 0 aliphatic rings. The number of hydrogen-bond donors (Lipinski definition) is 2. The van der Waals surface area contributed by atoms with Crippen LogP contribution in [0.1, 0.15) is 31.3 Å². The minimum absolute atomic E-state index is 0.209. The van der Waals surface area contributed by atoms with E-state index in [0.29, 0.717) is 24.8 Å². The average molecular weight is 252 g/mol. The van der Waals surface area contributed by atoms with E-state index in [1.165, 1.54) is 0 Å². The van der Waals surface area contributed by atoms with Gasteiger partial charge in [0, 0.05) is 25.4 Å². The van der Waals surface area contributed by atoms with Gasteiger partial charge >= 0.3 is 0 Å². The van der Waals surface area contributed by atoms with Gasteiger partial charge in [0.2, 0.25) is 5.95 Å². The second-order valence-electron chi connectivity index (χ2n) is 4.89. The molecule has 6 heteroatoms. The third-order valence-electron chi connectivity index (χ3n) is 1.97. The van der Waals surface area contributed by atoms with Crippen molar-refractivity contribution in [2.75, 3.05) is 25.6 Å². The lowest BCUT2D eigenvalue weighted by Crippen LogP contribution is -2.41. The molecule has 0 radical (unpaired) electrons. The zero-order chi connectivity index (χ0) is 13.6. The second kappa shape index (κ2) is 6.30. The maximum Gasteiger partial charge on any atom is 0.270 e. The lowest BCUT2D eigenvalue weighted by molar-refractivity contribution is 0.0914. The summed E-state index contributed by atoms with van der Waals surface area (Å²) in [6, 6.07) is 1.59. The fraction of sp³-hybridized carbons (Fsp3) is 0.583. The van der Waals surface area contributed by atoms with Crippen molar-refractivity contribution in [2.24, 2.45) is 0 Å². The van der Waals surface area contributed by atoms with Gasteiger partial charge in [0.1, 0.15) is 5.69 Å². The van der Waals surface area contributed by atoms with Gasteiger partial charge in [-0.25, -0.2) is 9.97 Å². The number of hydrogen-bond acceptors (Lipinski definition) is 5. The van der Waals surface area contributed by atoms with Crippen LogP contribution >= 0.6 is 0 Å². The smallest absolute Gasteiger partial charge is 0.270 e. The maximum atomic E-state index is 11.9. The van der Waals surface area contributed by atoms with Crippen LogP contribution in [0.4, 0.5) is 5.95 Å². The van der Waals surface area contributed by atoms with Gasteiger partial charge in [-0.2, -0.15) is 0 Å². The quantitative estimate of drug-likeness (QED) is 0.766. The van der Waals surface area contributed by atoms with Crippen molar-refractivity contribution in [3.05, 3.63) is 18.0 Å². The molecule has 0 atom stereocenters. The van der Waals surface area contributed by atoms with Crippen molar-refractivity contribution < 1.29 is 9.53 Å². The van der Waals surface area contributed by atoms with Crippen LogP contribution in [0.2, 0.25) is 0 Å². The Kier molecular flexibility index (Phi) is 5.03. The summed E-state index contributed by atoms with van der Waals surface area (Å²) in [5, 5.41) is 5.82. The normalized spacial score (nSPS) is 11.1. The molecule has 6 nitrogen and oxygen atoms in total. The van der Waals surface area contributed by atoms with Gasteiger partial charge in [-0.3, -0.25) is 4.79 Å².